The normalized spacial score (nSPS) is 11.5. The molecule has 2 heterocycles. The molecule has 35 heavy (non-hydrogen) atoms. The molecule has 4 nitrogen and oxygen atoms in total. The van der Waals surface area contributed by atoms with Gasteiger partial charge < -0.3 is 5.73 Å². The van der Waals surface area contributed by atoms with Crippen molar-refractivity contribution >= 4 is 16.6 Å². The SMILES string of the molecule is Nc1ccc2c(cnn2C(c2ccccc2)(c2ccccc2)c2cccc(-c3ccncc3)c2)c1. The van der Waals surface area contributed by atoms with Gasteiger partial charge in [-0.25, -0.2) is 4.68 Å². The molecule has 4 aromatic carbocycles. The average molecular weight is 453 g/mol. The van der Waals surface area contributed by atoms with E-state index in [9.17, 15) is 0 Å². The zero-order chi connectivity index (χ0) is 23.7. The molecular weight excluding hydrogens is 428 g/mol. The Morgan fingerprint density at radius 1 is 0.600 bits per heavy atom. The van der Waals surface area contributed by atoms with Crippen LogP contribution < -0.4 is 5.73 Å². The van der Waals surface area contributed by atoms with Crippen molar-refractivity contribution in [1.82, 2.24) is 14.8 Å². The van der Waals surface area contributed by atoms with Crippen molar-refractivity contribution < 1.29 is 0 Å². The summed E-state index contributed by atoms with van der Waals surface area (Å²) in [7, 11) is 0. The number of pyridine rings is 1. The van der Waals surface area contributed by atoms with E-state index in [1.54, 1.807) is 0 Å². The first kappa shape index (κ1) is 20.9. The van der Waals surface area contributed by atoms with Gasteiger partial charge in [0.15, 0.2) is 0 Å². The number of anilines is 1. The van der Waals surface area contributed by atoms with E-state index in [0.717, 1.165) is 44.4 Å². The standard InChI is InChI=1S/C31H24N4/c32-29-14-15-30-25(21-29)22-34-35(30)31(26-9-3-1-4-10-26,27-11-5-2-6-12-27)28-13-7-8-24(20-28)23-16-18-33-19-17-23/h1-22H,32H2. The van der Waals surface area contributed by atoms with Gasteiger partial charge >= 0.3 is 0 Å². The van der Waals surface area contributed by atoms with Crippen LogP contribution in [0.3, 0.4) is 0 Å². The molecule has 0 aliphatic rings. The number of nitrogens with zero attached hydrogens (tertiary/aromatic N) is 3. The summed E-state index contributed by atoms with van der Waals surface area (Å²) >= 11 is 0. The van der Waals surface area contributed by atoms with Crippen LogP contribution in [0.1, 0.15) is 16.7 Å². The van der Waals surface area contributed by atoms with Gasteiger partial charge in [-0.05, 0) is 64.2 Å². The Hall–Kier alpha value is -4.70. The first-order valence-corrected chi connectivity index (χ1v) is 11.6. The fraction of sp³-hybridized carbons (Fsp3) is 0.0323. The monoisotopic (exact) mass is 452 g/mol. The Labute approximate surface area is 204 Å². The number of benzene rings is 4. The van der Waals surface area contributed by atoms with Crippen molar-refractivity contribution in [2.75, 3.05) is 5.73 Å². The zero-order valence-electron chi connectivity index (χ0n) is 19.1. The smallest absolute Gasteiger partial charge is 0.138 e. The summed E-state index contributed by atoms with van der Waals surface area (Å²) in [6.45, 7) is 0. The highest BCUT2D eigenvalue weighted by molar-refractivity contribution is 5.83. The van der Waals surface area contributed by atoms with Gasteiger partial charge in [-0.3, -0.25) is 4.98 Å². The summed E-state index contributed by atoms with van der Waals surface area (Å²) in [5.74, 6) is 0. The molecule has 6 aromatic rings. The molecule has 2 N–H and O–H groups in total. The van der Waals surface area contributed by atoms with Gasteiger partial charge in [-0.1, -0.05) is 78.9 Å². The molecule has 0 fully saturated rings. The lowest BCUT2D eigenvalue weighted by molar-refractivity contribution is 0.476. The quantitative estimate of drug-likeness (QED) is 0.239. The number of aromatic nitrogens is 3. The molecule has 0 atom stereocenters. The van der Waals surface area contributed by atoms with E-state index in [0.29, 0.717) is 0 Å². The van der Waals surface area contributed by atoms with Crippen LogP contribution in [0.5, 0.6) is 0 Å². The van der Waals surface area contributed by atoms with Crippen LogP contribution in [-0.4, -0.2) is 14.8 Å². The first-order valence-electron chi connectivity index (χ1n) is 11.6. The molecule has 4 heteroatoms. The second kappa shape index (κ2) is 8.58. The fourth-order valence-corrected chi connectivity index (χ4v) is 5.01. The molecule has 0 aliphatic heterocycles. The fourth-order valence-electron chi connectivity index (χ4n) is 5.01. The van der Waals surface area contributed by atoms with E-state index in [4.69, 9.17) is 10.8 Å². The Bertz CT molecular complexity index is 1550. The van der Waals surface area contributed by atoms with Crippen LogP contribution in [0.25, 0.3) is 22.0 Å². The topological polar surface area (TPSA) is 56.7 Å². The molecule has 0 aliphatic carbocycles. The minimum absolute atomic E-state index is 0.705. The summed E-state index contributed by atoms with van der Waals surface area (Å²) in [5, 5.41) is 6.00. The molecule has 168 valence electrons. The van der Waals surface area contributed by atoms with Crippen LogP contribution in [0.2, 0.25) is 0 Å². The van der Waals surface area contributed by atoms with E-state index in [-0.39, 0.29) is 0 Å². The molecular formula is C31H24N4. The average Bonchev–Trinajstić information content (AvgIpc) is 3.34. The predicted molar refractivity (Wildman–Crippen MR) is 142 cm³/mol. The third kappa shape index (κ3) is 3.47. The number of fused-ring (bicyclic) bond motifs is 1. The maximum Gasteiger partial charge on any atom is 0.138 e. The zero-order valence-corrected chi connectivity index (χ0v) is 19.1. The minimum atomic E-state index is -0.705. The largest absolute Gasteiger partial charge is 0.399 e. The van der Waals surface area contributed by atoms with Crippen molar-refractivity contribution in [2.24, 2.45) is 0 Å². The van der Waals surface area contributed by atoms with E-state index in [1.807, 2.05) is 42.9 Å². The Morgan fingerprint density at radius 2 is 1.26 bits per heavy atom. The van der Waals surface area contributed by atoms with Crippen LogP contribution in [0.15, 0.2) is 134 Å². The molecule has 2 aromatic heterocycles. The van der Waals surface area contributed by atoms with E-state index in [1.165, 1.54) is 0 Å². The van der Waals surface area contributed by atoms with Crippen LogP contribution in [-0.2, 0) is 5.54 Å². The van der Waals surface area contributed by atoms with Gasteiger partial charge in [0.05, 0.1) is 11.7 Å². The first-order chi connectivity index (χ1) is 17.3. The number of hydrogen-bond donors (Lipinski definition) is 1. The Balaban J connectivity index is 1.74. The van der Waals surface area contributed by atoms with Gasteiger partial charge in [0.1, 0.15) is 5.54 Å². The van der Waals surface area contributed by atoms with Crippen LogP contribution in [0, 0.1) is 0 Å². The maximum absolute atomic E-state index is 6.12. The molecule has 0 spiro atoms. The van der Waals surface area contributed by atoms with E-state index in [2.05, 4.69) is 101 Å². The molecule has 0 bridgehead atoms. The van der Waals surface area contributed by atoms with Gasteiger partial charge in [-0.2, -0.15) is 5.10 Å². The predicted octanol–water partition coefficient (Wildman–Crippen LogP) is 6.52. The number of nitrogen functional groups attached to an aromatic ring is 1. The highest BCUT2D eigenvalue weighted by atomic mass is 15.3. The summed E-state index contributed by atoms with van der Waals surface area (Å²) in [6.07, 6.45) is 5.56. The number of hydrogen-bond acceptors (Lipinski definition) is 3. The van der Waals surface area contributed by atoms with Crippen LogP contribution >= 0.6 is 0 Å². The molecule has 0 amide bonds. The van der Waals surface area contributed by atoms with Crippen molar-refractivity contribution in [2.45, 2.75) is 5.54 Å². The molecule has 0 saturated heterocycles. The third-order valence-electron chi connectivity index (χ3n) is 6.59. The Kier molecular flexibility index (Phi) is 5.12. The van der Waals surface area contributed by atoms with Crippen molar-refractivity contribution in [3.63, 3.8) is 0 Å². The highest BCUT2D eigenvalue weighted by Crippen LogP contribution is 2.43. The van der Waals surface area contributed by atoms with Crippen molar-refractivity contribution in [1.29, 1.82) is 0 Å². The third-order valence-corrected chi connectivity index (χ3v) is 6.59. The maximum atomic E-state index is 6.12. The summed E-state index contributed by atoms with van der Waals surface area (Å²) in [4.78, 5) is 4.19. The minimum Gasteiger partial charge on any atom is -0.399 e. The van der Waals surface area contributed by atoms with E-state index >= 15 is 0 Å². The second-order valence-corrected chi connectivity index (χ2v) is 8.63. The lowest BCUT2D eigenvalue weighted by Crippen LogP contribution is -2.38. The Morgan fingerprint density at radius 3 is 1.94 bits per heavy atom. The van der Waals surface area contributed by atoms with E-state index < -0.39 is 5.54 Å². The van der Waals surface area contributed by atoms with Gasteiger partial charge in [-0.15, -0.1) is 0 Å². The van der Waals surface area contributed by atoms with Gasteiger partial charge in [0.2, 0.25) is 0 Å². The highest BCUT2D eigenvalue weighted by Gasteiger charge is 2.40. The van der Waals surface area contributed by atoms with Gasteiger partial charge in [0.25, 0.3) is 0 Å². The van der Waals surface area contributed by atoms with Crippen LogP contribution in [0.4, 0.5) is 5.69 Å². The number of nitrogens with two attached hydrogens (primary N) is 1. The second-order valence-electron chi connectivity index (χ2n) is 8.63. The molecule has 6 rings (SSSR count). The van der Waals surface area contributed by atoms with Gasteiger partial charge in [0, 0.05) is 23.5 Å². The lowest BCUT2D eigenvalue weighted by atomic mass is 9.76. The van der Waals surface area contributed by atoms with Crippen molar-refractivity contribution in [3.8, 4) is 11.1 Å². The molecule has 0 saturated carbocycles. The lowest BCUT2D eigenvalue weighted by Gasteiger charge is -2.37. The summed E-state index contributed by atoms with van der Waals surface area (Å²) in [5.41, 5.74) is 12.8. The summed E-state index contributed by atoms with van der Waals surface area (Å²) < 4.78 is 2.14. The molecule has 0 unspecified atom stereocenters. The summed E-state index contributed by atoms with van der Waals surface area (Å²) in [6, 6.07) is 39.9. The number of rotatable bonds is 5. The van der Waals surface area contributed by atoms with Crippen molar-refractivity contribution in [3.05, 3.63) is 151 Å². The molecule has 0 radical (unpaired) electrons.